The first-order valence-corrected chi connectivity index (χ1v) is 10.1. The van der Waals surface area contributed by atoms with Gasteiger partial charge in [0.15, 0.2) is 0 Å². The number of ether oxygens (including phenoxy) is 2. The summed E-state index contributed by atoms with van der Waals surface area (Å²) in [5, 5.41) is 5.55. The lowest BCUT2D eigenvalue weighted by Gasteiger charge is -2.17. The number of hydrogen-bond donors (Lipinski definition) is 2. The van der Waals surface area contributed by atoms with E-state index in [0.717, 1.165) is 5.56 Å². The lowest BCUT2D eigenvalue weighted by molar-refractivity contribution is -0.129. The Kier molecular flexibility index (Phi) is 7.48. The molecule has 8 heteroatoms. The van der Waals surface area contributed by atoms with Gasteiger partial charge in [-0.3, -0.25) is 14.4 Å². The van der Waals surface area contributed by atoms with Crippen molar-refractivity contribution in [3.8, 4) is 11.5 Å². The summed E-state index contributed by atoms with van der Waals surface area (Å²) in [6, 6.07) is 14.8. The van der Waals surface area contributed by atoms with E-state index in [9.17, 15) is 14.4 Å². The first kappa shape index (κ1) is 22.1. The maximum Gasteiger partial charge on any atom is 0.258 e. The fourth-order valence-electron chi connectivity index (χ4n) is 3.57. The van der Waals surface area contributed by atoms with Crippen molar-refractivity contribution in [3.05, 3.63) is 59.7 Å². The SMILES string of the molecule is COc1cccc(OC)c1C(=O)NCCNC(=O)C1CC(=O)N(Cc2ccccc2)C1. The highest BCUT2D eigenvalue weighted by molar-refractivity contribution is 5.99. The molecule has 0 saturated carbocycles. The largest absolute Gasteiger partial charge is 0.496 e. The van der Waals surface area contributed by atoms with Crippen LogP contribution in [0.2, 0.25) is 0 Å². The molecule has 8 nitrogen and oxygen atoms in total. The summed E-state index contributed by atoms with van der Waals surface area (Å²) in [5.74, 6) is -0.142. The molecule has 1 saturated heterocycles. The van der Waals surface area contributed by atoms with Gasteiger partial charge in [-0.15, -0.1) is 0 Å². The van der Waals surface area contributed by atoms with E-state index in [1.807, 2.05) is 30.3 Å². The predicted octanol–water partition coefficient (Wildman–Crippen LogP) is 1.60. The molecule has 1 fully saturated rings. The van der Waals surface area contributed by atoms with Crippen LogP contribution in [0.1, 0.15) is 22.3 Å². The molecule has 2 N–H and O–H groups in total. The highest BCUT2D eigenvalue weighted by atomic mass is 16.5. The van der Waals surface area contributed by atoms with Crippen LogP contribution >= 0.6 is 0 Å². The van der Waals surface area contributed by atoms with Gasteiger partial charge in [0.1, 0.15) is 17.1 Å². The highest BCUT2D eigenvalue weighted by Gasteiger charge is 2.34. The fourth-order valence-corrected chi connectivity index (χ4v) is 3.57. The molecule has 164 valence electrons. The number of rotatable bonds is 9. The molecule has 31 heavy (non-hydrogen) atoms. The molecule has 3 amide bonds. The van der Waals surface area contributed by atoms with Crippen molar-refractivity contribution in [2.45, 2.75) is 13.0 Å². The second-order valence-electron chi connectivity index (χ2n) is 7.25. The number of nitrogens with one attached hydrogen (secondary N) is 2. The van der Waals surface area contributed by atoms with Gasteiger partial charge in [0.25, 0.3) is 5.91 Å². The Morgan fingerprint density at radius 2 is 1.61 bits per heavy atom. The van der Waals surface area contributed by atoms with Crippen LogP contribution in [0, 0.1) is 5.92 Å². The molecule has 0 bridgehead atoms. The first-order chi connectivity index (χ1) is 15.0. The van der Waals surface area contributed by atoms with E-state index in [4.69, 9.17) is 9.47 Å². The standard InChI is InChI=1S/C23H27N3O5/c1-30-18-9-6-10-19(31-2)21(18)23(29)25-12-11-24-22(28)17-13-20(27)26(15-17)14-16-7-4-3-5-8-16/h3-10,17H,11-15H2,1-2H3,(H,24,28)(H,25,29). The van der Waals surface area contributed by atoms with Crippen LogP contribution in [0.25, 0.3) is 0 Å². The van der Waals surface area contributed by atoms with Gasteiger partial charge in [0, 0.05) is 32.6 Å². The minimum atomic E-state index is -0.388. The third-order valence-corrected chi connectivity index (χ3v) is 5.17. The van der Waals surface area contributed by atoms with E-state index >= 15 is 0 Å². The van der Waals surface area contributed by atoms with Crippen LogP contribution in [-0.2, 0) is 16.1 Å². The van der Waals surface area contributed by atoms with Crippen LogP contribution in [0.3, 0.4) is 0 Å². The zero-order valence-corrected chi connectivity index (χ0v) is 17.7. The monoisotopic (exact) mass is 425 g/mol. The summed E-state index contributed by atoms with van der Waals surface area (Å²) in [5.41, 5.74) is 1.34. The number of benzene rings is 2. The summed E-state index contributed by atoms with van der Waals surface area (Å²) < 4.78 is 10.5. The Bertz CT molecular complexity index is 910. The molecule has 1 aliphatic heterocycles. The number of carbonyl (C=O) groups is 3. The predicted molar refractivity (Wildman–Crippen MR) is 115 cm³/mol. The van der Waals surface area contributed by atoms with Crippen molar-refractivity contribution in [2.24, 2.45) is 5.92 Å². The van der Waals surface area contributed by atoms with Crippen molar-refractivity contribution in [1.82, 2.24) is 15.5 Å². The second-order valence-corrected chi connectivity index (χ2v) is 7.25. The van der Waals surface area contributed by atoms with Crippen LogP contribution in [-0.4, -0.2) is 56.5 Å². The molecule has 0 spiro atoms. The number of hydrogen-bond acceptors (Lipinski definition) is 5. The van der Waals surface area contributed by atoms with Crippen LogP contribution < -0.4 is 20.1 Å². The molecule has 1 aliphatic rings. The molecule has 0 radical (unpaired) electrons. The van der Waals surface area contributed by atoms with Crippen molar-refractivity contribution in [3.63, 3.8) is 0 Å². The van der Waals surface area contributed by atoms with Crippen molar-refractivity contribution in [2.75, 3.05) is 33.9 Å². The Morgan fingerprint density at radius 1 is 0.968 bits per heavy atom. The maximum absolute atomic E-state index is 12.5. The Morgan fingerprint density at radius 3 is 2.26 bits per heavy atom. The average Bonchev–Trinajstić information content (AvgIpc) is 3.16. The second kappa shape index (κ2) is 10.5. The summed E-state index contributed by atoms with van der Waals surface area (Å²) in [6.07, 6.45) is 0.198. The highest BCUT2D eigenvalue weighted by Crippen LogP contribution is 2.27. The van der Waals surface area contributed by atoms with Crippen molar-refractivity contribution < 1.29 is 23.9 Å². The summed E-state index contributed by atoms with van der Waals surface area (Å²) in [7, 11) is 2.96. The molecule has 2 aromatic rings. The quantitative estimate of drug-likeness (QED) is 0.595. The molecule has 1 atom stereocenters. The van der Waals surface area contributed by atoms with Gasteiger partial charge in [-0.1, -0.05) is 36.4 Å². The van der Waals surface area contributed by atoms with Crippen molar-refractivity contribution in [1.29, 1.82) is 0 Å². The molecule has 1 unspecified atom stereocenters. The molecule has 1 heterocycles. The molecule has 2 aromatic carbocycles. The summed E-state index contributed by atoms with van der Waals surface area (Å²) in [6.45, 7) is 1.39. The number of likely N-dealkylation sites (tertiary alicyclic amines) is 1. The van der Waals surface area contributed by atoms with E-state index in [0.29, 0.717) is 30.2 Å². The van der Waals surface area contributed by atoms with Crippen LogP contribution in [0.5, 0.6) is 11.5 Å². The van der Waals surface area contributed by atoms with E-state index in [1.165, 1.54) is 14.2 Å². The van der Waals surface area contributed by atoms with Crippen LogP contribution in [0.15, 0.2) is 48.5 Å². The third-order valence-electron chi connectivity index (χ3n) is 5.17. The lowest BCUT2D eigenvalue weighted by Crippen LogP contribution is -2.38. The number of methoxy groups -OCH3 is 2. The van der Waals surface area contributed by atoms with Gasteiger partial charge < -0.3 is 25.0 Å². The maximum atomic E-state index is 12.5. The number of carbonyl (C=O) groups excluding carboxylic acids is 3. The summed E-state index contributed by atoms with van der Waals surface area (Å²) >= 11 is 0. The van der Waals surface area contributed by atoms with Gasteiger partial charge >= 0.3 is 0 Å². The molecule has 3 rings (SSSR count). The smallest absolute Gasteiger partial charge is 0.258 e. The Balaban J connectivity index is 1.46. The van der Waals surface area contributed by atoms with Gasteiger partial charge in [-0.05, 0) is 17.7 Å². The Hall–Kier alpha value is -3.55. The van der Waals surface area contributed by atoms with Gasteiger partial charge in [-0.25, -0.2) is 0 Å². The van der Waals surface area contributed by atoms with Crippen molar-refractivity contribution >= 4 is 17.7 Å². The zero-order valence-electron chi connectivity index (χ0n) is 17.7. The van der Waals surface area contributed by atoms with Gasteiger partial charge in [0.05, 0.1) is 20.1 Å². The lowest BCUT2D eigenvalue weighted by atomic mass is 10.1. The van der Waals surface area contributed by atoms with Gasteiger partial charge in [-0.2, -0.15) is 0 Å². The Labute approximate surface area is 181 Å². The normalized spacial score (nSPS) is 15.5. The molecule has 0 aromatic heterocycles. The van der Waals surface area contributed by atoms with Crippen LogP contribution in [0.4, 0.5) is 0 Å². The average molecular weight is 425 g/mol. The zero-order chi connectivity index (χ0) is 22.2. The molecular formula is C23H27N3O5. The third kappa shape index (κ3) is 5.53. The first-order valence-electron chi connectivity index (χ1n) is 10.1. The molecular weight excluding hydrogens is 398 g/mol. The minimum absolute atomic E-state index is 0.0272. The van der Waals surface area contributed by atoms with Gasteiger partial charge in [0.2, 0.25) is 11.8 Å². The minimum Gasteiger partial charge on any atom is -0.496 e. The summed E-state index contributed by atoms with van der Waals surface area (Å²) in [4.78, 5) is 39.0. The molecule has 0 aliphatic carbocycles. The van der Waals surface area contributed by atoms with E-state index in [-0.39, 0.29) is 43.1 Å². The number of amides is 3. The van der Waals surface area contributed by atoms with E-state index < -0.39 is 0 Å². The fraction of sp³-hybridized carbons (Fsp3) is 0.348. The van der Waals surface area contributed by atoms with E-state index in [1.54, 1.807) is 23.1 Å². The topological polar surface area (TPSA) is 97.0 Å². The number of nitrogens with zero attached hydrogens (tertiary/aromatic N) is 1. The van der Waals surface area contributed by atoms with E-state index in [2.05, 4.69) is 10.6 Å².